The molecule has 0 saturated heterocycles. The van der Waals surface area contributed by atoms with E-state index in [0.29, 0.717) is 0 Å². The van der Waals surface area contributed by atoms with Gasteiger partial charge in [0.25, 0.3) is 0 Å². The minimum atomic E-state index is -3.36. The molecule has 0 spiro atoms. The Morgan fingerprint density at radius 2 is 2.56 bits per heavy atom. The van der Waals surface area contributed by atoms with Crippen molar-refractivity contribution in [2.45, 2.75) is 6.63 Å². The van der Waals surface area contributed by atoms with Gasteiger partial charge in [-0.1, -0.05) is 28.0 Å². The molecule has 0 aliphatic carbocycles. The van der Waals surface area contributed by atoms with Gasteiger partial charge >= 0.3 is 0 Å². The molecule has 48 valence electrons. The summed E-state index contributed by atoms with van der Waals surface area (Å²) in [4.78, 5) is 0. The third kappa shape index (κ3) is 1.79. The molecule has 0 nitrogen and oxygen atoms in total. The van der Waals surface area contributed by atoms with E-state index in [9.17, 15) is 4.39 Å². The lowest BCUT2D eigenvalue weighted by molar-refractivity contribution is 0.485. The first-order valence-electron chi connectivity index (χ1n) is 5.13. The molecule has 1 aromatic carbocycles. The van der Waals surface area contributed by atoms with Gasteiger partial charge in [0, 0.05) is 4.47 Å². The Kier molecular flexibility index (Phi) is 0.774. The molecule has 0 aliphatic rings. The third-order valence-corrected chi connectivity index (χ3v) is 1.09. The van der Waals surface area contributed by atoms with Crippen molar-refractivity contribution in [3.8, 4) is 0 Å². The summed E-state index contributed by atoms with van der Waals surface area (Å²) >= 11 is 2.80. The summed E-state index contributed by atoms with van der Waals surface area (Å²) in [5.41, 5.74) is -0.824. The van der Waals surface area contributed by atoms with E-state index in [1.54, 1.807) is 0 Å². The van der Waals surface area contributed by atoms with Gasteiger partial charge in [-0.3, -0.25) is 0 Å². The Morgan fingerprint density at radius 3 is 3.22 bits per heavy atom. The summed E-state index contributed by atoms with van der Waals surface area (Å²) in [7, 11) is 0. The van der Waals surface area contributed by atoms with E-state index in [2.05, 4.69) is 15.9 Å². The topological polar surface area (TPSA) is 0 Å². The van der Waals surface area contributed by atoms with Crippen LogP contribution in [0.1, 0.15) is 13.8 Å². The van der Waals surface area contributed by atoms with Crippen LogP contribution in [0, 0.1) is 0 Å². The fourth-order valence-electron chi connectivity index (χ4n) is 0.368. The van der Waals surface area contributed by atoms with Crippen LogP contribution in [0.3, 0.4) is 0 Å². The van der Waals surface area contributed by atoms with Crippen LogP contribution in [0.15, 0.2) is 28.6 Å². The van der Waals surface area contributed by atoms with Crippen LogP contribution in [0.5, 0.6) is 0 Å². The standard InChI is InChI=1S/C7H6BrF/c8-7-3-1-2-6(4-7)5-9/h1-4H,5H2/i1D,2D,3D,4D,5D2. The molecular weight excluding hydrogens is 183 g/mol. The fourth-order valence-corrected chi connectivity index (χ4v) is 0.665. The van der Waals surface area contributed by atoms with Crippen molar-refractivity contribution in [1.29, 1.82) is 0 Å². The Labute approximate surface area is 70.3 Å². The van der Waals surface area contributed by atoms with Crippen LogP contribution >= 0.6 is 15.9 Å². The smallest absolute Gasteiger partial charge is 0.115 e. The molecule has 0 radical (unpaired) electrons. The first kappa shape index (κ1) is 2.35. The minimum Gasteiger partial charge on any atom is -0.246 e. The van der Waals surface area contributed by atoms with Crippen molar-refractivity contribution in [3.63, 3.8) is 0 Å². The number of rotatable bonds is 1. The van der Waals surface area contributed by atoms with Crippen LogP contribution in [0.25, 0.3) is 0 Å². The molecule has 1 aromatic rings. The molecule has 0 atom stereocenters. The monoisotopic (exact) mass is 194 g/mol. The van der Waals surface area contributed by atoms with Crippen molar-refractivity contribution >= 4 is 15.9 Å². The van der Waals surface area contributed by atoms with E-state index in [1.807, 2.05) is 0 Å². The summed E-state index contributed by atoms with van der Waals surface area (Å²) < 4.78 is 55.8. The maximum Gasteiger partial charge on any atom is 0.115 e. The van der Waals surface area contributed by atoms with E-state index in [-0.39, 0.29) is 4.47 Å². The summed E-state index contributed by atoms with van der Waals surface area (Å²) in [5, 5.41) is 0. The zero-order chi connectivity index (χ0) is 12.0. The van der Waals surface area contributed by atoms with Gasteiger partial charge in [0.1, 0.15) is 6.63 Å². The molecular formula is C7H6BrF. The van der Waals surface area contributed by atoms with E-state index in [1.165, 1.54) is 0 Å². The molecule has 0 bridgehead atoms. The Bertz CT molecular complexity index is 384. The fraction of sp³-hybridized carbons (Fsp3) is 0.143. The largest absolute Gasteiger partial charge is 0.246 e. The van der Waals surface area contributed by atoms with Crippen molar-refractivity contribution in [1.82, 2.24) is 0 Å². The molecule has 0 fully saturated rings. The summed E-state index contributed by atoms with van der Waals surface area (Å²) in [6, 6.07) is -2.39. The molecule has 0 saturated carbocycles. The van der Waals surface area contributed by atoms with E-state index >= 15 is 0 Å². The van der Waals surface area contributed by atoms with Gasteiger partial charge < -0.3 is 0 Å². The van der Waals surface area contributed by atoms with Crippen molar-refractivity contribution in [3.05, 3.63) is 34.2 Å². The SMILES string of the molecule is [2H]c1c([2H])c(Br)c([2H])c(C([2H])([2H])F)c1[2H]. The highest BCUT2D eigenvalue weighted by molar-refractivity contribution is 9.10. The molecule has 9 heavy (non-hydrogen) atoms. The Balaban J connectivity index is 3.68. The normalized spacial score (nSPS) is 20.7. The summed E-state index contributed by atoms with van der Waals surface area (Å²) in [5.74, 6) is 0. The number of hydrogen-bond acceptors (Lipinski definition) is 0. The Hall–Kier alpha value is -0.370. The number of benzene rings is 1. The van der Waals surface area contributed by atoms with Gasteiger partial charge in [0.15, 0.2) is 0 Å². The second kappa shape index (κ2) is 2.97. The molecule has 1 rings (SSSR count). The highest BCUT2D eigenvalue weighted by atomic mass is 79.9. The quantitative estimate of drug-likeness (QED) is 0.646. The molecule has 2 heteroatoms. The average molecular weight is 195 g/mol. The number of halogens is 2. The Morgan fingerprint density at radius 1 is 1.78 bits per heavy atom. The van der Waals surface area contributed by atoms with Gasteiger partial charge in [-0.2, -0.15) is 0 Å². The van der Waals surface area contributed by atoms with Gasteiger partial charge in [-0.05, 0) is 17.6 Å². The minimum absolute atomic E-state index is 0.181. The summed E-state index contributed by atoms with van der Waals surface area (Å²) in [6.07, 6.45) is 0. The third-order valence-electron chi connectivity index (χ3n) is 0.689. The lowest BCUT2D eigenvalue weighted by atomic mass is 10.2. The molecule has 0 aliphatic heterocycles. The van der Waals surface area contributed by atoms with Gasteiger partial charge in [0.2, 0.25) is 0 Å². The first-order chi connectivity index (χ1) is 6.68. The lowest BCUT2D eigenvalue weighted by Gasteiger charge is -1.92. The van der Waals surface area contributed by atoms with Crippen LogP contribution in [0.2, 0.25) is 0 Å². The molecule has 0 amide bonds. The maximum atomic E-state index is 13.1. The lowest BCUT2D eigenvalue weighted by Crippen LogP contribution is -1.75. The van der Waals surface area contributed by atoms with E-state index < -0.39 is 36.4 Å². The highest BCUT2D eigenvalue weighted by Gasteiger charge is 1.89. The predicted octanol–water partition coefficient (Wildman–Crippen LogP) is 2.92. The van der Waals surface area contributed by atoms with Crippen LogP contribution in [0.4, 0.5) is 4.39 Å². The molecule has 0 unspecified atom stereocenters. The van der Waals surface area contributed by atoms with E-state index in [0.717, 1.165) is 0 Å². The number of hydrogen-bond donors (Lipinski definition) is 0. The van der Waals surface area contributed by atoms with E-state index in [4.69, 9.17) is 8.22 Å². The summed E-state index contributed by atoms with van der Waals surface area (Å²) in [6.45, 7) is -3.36. The maximum absolute atomic E-state index is 13.1. The van der Waals surface area contributed by atoms with Crippen LogP contribution in [-0.4, -0.2) is 0 Å². The predicted molar refractivity (Wildman–Crippen MR) is 39.0 cm³/mol. The average Bonchev–Trinajstić information content (AvgIpc) is 2.09. The molecule has 0 heterocycles. The molecule has 0 N–H and O–H groups in total. The van der Waals surface area contributed by atoms with Crippen LogP contribution < -0.4 is 0 Å². The van der Waals surface area contributed by atoms with Crippen molar-refractivity contribution in [2.24, 2.45) is 0 Å². The van der Waals surface area contributed by atoms with Crippen molar-refractivity contribution in [2.75, 3.05) is 0 Å². The molecule has 0 aromatic heterocycles. The highest BCUT2D eigenvalue weighted by Crippen LogP contribution is 2.11. The second-order valence-corrected chi connectivity index (χ2v) is 2.08. The van der Waals surface area contributed by atoms with Gasteiger partial charge in [-0.25, -0.2) is 4.39 Å². The van der Waals surface area contributed by atoms with Crippen LogP contribution in [-0.2, 0) is 6.63 Å². The van der Waals surface area contributed by atoms with Gasteiger partial charge in [0.05, 0.1) is 8.22 Å². The second-order valence-electron chi connectivity index (χ2n) is 1.28. The van der Waals surface area contributed by atoms with Gasteiger partial charge in [-0.15, -0.1) is 0 Å². The zero-order valence-electron chi connectivity index (χ0n) is 10.3. The van der Waals surface area contributed by atoms with Crippen molar-refractivity contribution < 1.29 is 12.6 Å². The zero-order valence-corrected chi connectivity index (χ0v) is 5.84. The number of alkyl halides is 1. The first-order valence-corrected chi connectivity index (χ1v) is 2.92.